The predicted octanol–water partition coefficient (Wildman–Crippen LogP) is 5.47. The summed E-state index contributed by atoms with van der Waals surface area (Å²) in [7, 11) is 0. The third-order valence-electron chi connectivity index (χ3n) is 5.12. The molecular formula is C21H18F3NO2. The van der Waals surface area contributed by atoms with Crippen molar-refractivity contribution >= 4 is 16.9 Å². The number of hydrogen-bond acceptors (Lipinski definition) is 2. The van der Waals surface area contributed by atoms with Gasteiger partial charge >= 0.3 is 6.18 Å². The minimum absolute atomic E-state index is 0.206. The maximum Gasteiger partial charge on any atom is 0.416 e. The van der Waals surface area contributed by atoms with Crippen LogP contribution in [0.3, 0.4) is 0 Å². The average Bonchev–Trinajstić information content (AvgIpc) is 3.11. The van der Waals surface area contributed by atoms with Crippen molar-refractivity contribution in [2.45, 2.75) is 24.9 Å². The lowest BCUT2D eigenvalue weighted by atomic mass is 9.86. The summed E-state index contributed by atoms with van der Waals surface area (Å²) >= 11 is 0. The van der Waals surface area contributed by atoms with Crippen LogP contribution in [0, 0.1) is 0 Å². The number of carbonyl (C=O) groups excluding carboxylic acids is 1. The number of amides is 1. The van der Waals surface area contributed by atoms with Crippen LogP contribution in [0.5, 0.6) is 0 Å². The van der Waals surface area contributed by atoms with Gasteiger partial charge in [0.25, 0.3) is 5.91 Å². The van der Waals surface area contributed by atoms with Crippen LogP contribution in [0.4, 0.5) is 13.2 Å². The summed E-state index contributed by atoms with van der Waals surface area (Å²) in [4.78, 5) is 14.3. The Morgan fingerprint density at radius 2 is 1.67 bits per heavy atom. The smallest absolute Gasteiger partial charge is 0.416 e. The summed E-state index contributed by atoms with van der Waals surface area (Å²) in [5.41, 5.74) is 0.391. The molecule has 0 unspecified atom stereocenters. The summed E-state index contributed by atoms with van der Waals surface area (Å²) in [6.07, 6.45) is -3.37. The van der Waals surface area contributed by atoms with Crippen LogP contribution in [0.2, 0.25) is 0 Å². The Hall–Kier alpha value is -2.76. The quantitative estimate of drug-likeness (QED) is 0.597. The lowest BCUT2D eigenvalue weighted by Gasteiger charge is -2.32. The van der Waals surface area contributed by atoms with E-state index < -0.39 is 11.7 Å². The molecule has 1 fully saturated rings. The zero-order valence-corrected chi connectivity index (χ0v) is 14.5. The number of piperidine rings is 1. The monoisotopic (exact) mass is 373 g/mol. The molecule has 3 nitrogen and oxygen atoms in total. The molecular weight excluding hydrogens is 355 g/mol. The second kappa shape index (κ2) is 6.76. The molecule has 0 radical (unpaired) electrons. The summed E-state index contributed by atoms with van der Waals surface area (Å²) in [5, 5.41) is 0.856. The maximum atomic E-state index is 13.3. The van der Waals surface area contributed by atoms with Gasteiger partial charge in [0.15, 0.2) is 5.76 Å². The van der Waals surface area contributed by atoms with Gasteiger partial charge < -0.3 is 9.32 Å². The fourth-order valence-corrected chi connectivity index (χ4v) is 3.75. The van der Waals surface area contributed by atoms with Crippen molar-refractivity contribution in [3.63, 3.8) is 0 Å². The molecule has 3 aromatic rings. The van der Waals surface area contributed by atoms with Crippen molar-refractivity contribution in [1.82, 2.24) is 4.90 Å². The van der Waals surface area contributed by atoms with Gasteiger partial charge in [-0.3, -0.25) is 4.79 Å². The van der Waals surface area contributed by atoms with Crippen LogP contribution in [-0.2, 0) is 6.18 Å². The van der Waals surface area contributed by atoms with E-state index in [0.29, 0.717) is 37.1 Å². The molecule has 0 spiro atoms. The van der Waals surface area contributed by atoms with Crippen LogP contribution in [-0.4, -0.2) is 23.9 Å². The second-order valence-electron chi connectivity index (χ2n) is 6.80. The molecule has 0 atom stereocenters. The highest BCUT2D eigenvalue weighted by Gasteiger charge is 2.36. The van der Waals surface area contributed by atoms with Gasteiger partial charge in [0.1, 0.15) is 5.58 Å². The maximum absolute atomic E-state index is 13.3. The van der Waals surface area contributed by atoms with Gasteiger partial charge in [-0.25, -0.2) is 0 Å². The van der Waals surface area contributed by atoms with Gasteiger partial charge in [-0.2, -0.15) is 13.2 Å². The third-order valence-corrected chi connectivity index (χ3v) is 5.12. The Bertz CT molecular complexity index is 936. The first-order valence-electron chi connectivity index (χ1n) is 8.87. The normalized spacial score (nSPS) is 16.0. The van der Waals surface area contributed by atoms with Gasteiger partial charge in [-0.1, -0.05) is 36.4 Å². The first-order valence-corrected chi connectivity index (χ1v) is 8.87. The minimum Gasteiger partial charge on any atom is -0.451 e. The highest BCUT2D eigenvalue weighted by atomic mass is 19.4. The Kier molecular flexibility index (Phi) is 4.42. The first-order chi connectivity index (χ1) is 12.9. The van der Waals surface area contributed by atoms with E-state index in [9.17, 15) is 18.0 Å². The highest BCUT2D eigenvalue weighted by molar-refractivity contribution is 5.96. The number of para-hydroxylation sites is 1. The molecule has 1 aliphatic rings. The van der Waals surface area contributed by atoms with Crippen molar-refractivity contribution in [3.05, 3.63) is 71.5 Å². The molecule has 1 amide bonds. The van der Waals surface area contributed by atoms with E-state index >= 15 is 0 Å². The van der Waals surface area contributed by atoms with Gasteiger partial charge in [0, 0.05) is 18.5 Å². The molecule has 140 valence electrons. The van der Waals surface area contributed by atoms with Gasteiger partial charge in [0.05, 0.1) is 5.56 Å². The molecule has 1 aromatic heterocycles. The van der Waals surface area contributed by atoms with Gasteiger partial charge in [-0.05, 0) is 42.5 Å². The molecule has 0 saturated carbocycles. The summed E-state index contributed by atoms with van der Waals surface area (Å²) < 4.78 is 45.4. The molecule has 27 heavy (non-hydrogen) atoms. The Balaban J connectivity index is 1.49. The third kappa shape index (κ3) is 3.44. The number of halogens is 3. The lowest BCUT2D eigenvalue weighted by Crippen LogP contribution is -2.38. The average molecular weight is 373 g/mol. The van der Waals surface area contributed by atoms with Gasteiger partial charge in [0.2, 0.25) is 0 Å². The second-order valence-corrected chi connectivity index (χ2v) is 6.80. The predicted molar refractivity (Wildman–Crippen MR) is 95.5 cm³/mol. The first kappa shape index (κ1) is 17.6. The fourth-order valence-electron chi connectivity index (χ4n) is 3.75. The molecule has 2 aromatic carbocycles. The SMILES string of the molecule is O=C(c1cc2ccccc2o1)N1CCC(c2ccccc2C(F)(F)F)CC1. The van der Waals surface area contributed by atoms with E-state index in [4.69, 9.17) is 4.42 Å². The van der Waals surface area contributed by atoms with E-state index in [1.807, 2.05) is 18.2 Å². The zero-order valence-electron chi connectivity index (χ0n) is 14.5. The highest BCUT2D eigenvalue weighted by Crippen LogP contribution is 2.38. The van der Waals surface area contributed by atoms with E-state index in [-0.39, 0.29) is 17.6 Å². The molecule has 4 rings (SSSR count). The van der Waals surface area contributed by atoms with Crippen LogP contribution in [0.25, 0.3) is 11.0 Å². The lowest BCUT2D eigenvalue weighted by molar-refractivity contribution is -0.138. The number of furan rings is 1. The molecule has 0 bridgehead atoms. The zero-order chi connectivity index (χ0) is 19.0. The number of rotatable bonds is 2. The van der Waals surface area contributed by atoms with Crippen LogP contribution < -0.4 is 0 Å². The van der Waals surface area contributed by atoms with Crippen molar-refractivity contribution in [2.24, 2.45) is 0 Å². The number of hydrogen-bond donors (Lipinski definition) is 0. The number of benzene rings is 2. The van der Waals surface area contributed by atoms with E-state index in [0.717, 1.165) is 11.5 Å². The number of fused-ring (bicyclic) bond motifs is 1. The van der Waals surface area contributed by atoms with Gasteiger partial charge in [-0.15, -0.1) is 0 Å². The summed E-state index contributed by atoms with van der Waals surface area (Å²) in [6, 6.07) is 14.8. The van der Waals surface area contributed by atoms with E-state index in [1.165, 1.54) is 6.07 Å². The largest absolute Gasteiger partial charge is 0.451 e. The Labute approximate surface area is 154 Å². The molecule has 1 aliphatic heterocycles. The Morgan fingerprint density at radius 3 is 2.37 bits per heavy atom. The molecule has 2 heterocycles. The van der Waals surface area contributed by atoms with E-state index in [1.54, 1.807) is 29.2 Å². The van der Waals surface area contributed by atoms with Crippen LogP contribution >= 0.6 is 0 Å². The Morgan fingerprint density at radius 1 is 1.00 bits per heavy atom. The fraction of sp³-hybridized carbons (Fsp3) is 0.286. The van der Waals surface area contributed by atoms with Crippen molar-refractivity contribution in [2.75, 3.05) is 13.1 Å². The molecule has 0 N–H and O–H groups in total. The topological polar surface area (TPSA) is 33.5 Å². The summed E-state index contributed by atoms with van der Waals surface area (Å²) in [5.74, 6) is -0.151. The number of carbonyl (C=O) groups is 1. The number of likely N-dealkylation sites (tertiary alicyclic amines) is 1. The van der Waals surface area contributed by atoms with Crippen LogP contribution in [0.1, 0.15) is 40.4 Å². The molecule has 6 heteroatoms. The summed E-state index contributed by atoms with van der Waals surface area (Å²) in [6.45, 7) is 0.819. The van der Waals surface area contributed by atoms with Crippen molar-refractivity contribution < 1.29 is 22.4 Å². The van der Waals surface area contributed by atoms with Crippen molar-refractivity contribution in [3.8, 4) is 0 Å². The standard InChI is InChI=1S/C21H18F3NO2/c22-21(23,24)17-7-3-2-6-16(17)14-9-11-25(12-10-14)20(26)19-13-15-5-1-4-8-18(15)27-19/h1-8,13-14H,9-12H2. The number of nitrogens with zero attached hydrogens (tertiary/aromatic N) is 1. The van der Waals surface area contributed by atoms with Crippen LogP contribution in [0.15, 0.2) is 59.0 Å². The minimum atomic E-state index is -4.36. The van der Waals surface area contributed by atoms with Crippen molar-refractivity contribution in [1.29, 1.82) is 0 Å². The molecule has 0 aliphatic carbocycles. The van der Waals surface area contributed by atoms with E-state index in [2.05, 4.69) is 0 Å². The molecule has 1 saturated heterocycles. The number of alkyl halides is 3.